The van der Waals surface area contributed by atoms with E-state index < -0.39 is 0 Å². The zero-order chi connectivity index (χ0) is 17.9. The molecule has 0 bridgehead atoms. The largest absolute Gasteiger partial charge is 0.497 e. The van der Waals surface area contributed by atoms with Gasteiger partial charge in [0.25, 0.3) is 5.91 Å². The van der Waals surface area contributed by atoms with E-state index in [0.29, 0.717) is 25.3 Å². The Morgan fingerprint density at radius 2 is 2.04 bits per heavy atom. The second-order valence-electron chi connectivity index (χ2n) is 6.97. The summed E-state index contributed by atoms with van der Waals surface area (Å²) in [5.74, 6) is 1.49. The molecule has 2 aromatic rings. The first-order chi connectivity index (χ1) is 12.7. The SMILES string of the molecule is COc1ccc(C(=O)N2CCCn3nnc(COCC4CC4)c3C2)cc1. The lowest BCUT2D eigenvalue weighted by Gasteiger charge is -2.20. The Bertz CT molecular complexity index is 768. The standard InChI is InChI=1S/C19H24N4O3/c1-25-16-7-5-15(6-8-16)19(24)22-9-2-10-23-18(11-22)17(20-21-23)13-26-12-14-3-4-14/h5-8,14H,2-4,9-13H2,1H3. The summed E-state index contributed by atoms with van der Waals surface area (Å²) in [6.45, 7) is 3.26. The second-order valence-corrected chi connectivity index (χ2v) is 6.97. The van der Waals surface area contributed by atoms with Crippen LogP contribution in [0.2, 0.25) is 0 Å². The number of fused-ring (bicyclic) bond motifs is 1. The summed E-state index contributed by atoms with van der Waals surface area (Å²) in [4.78, 5) is 14.8. The molecule has 7 heteroatoms. The quantitative estimate of drug-likeness (QED) is 0.794. The third kappa shape index (κ3) is 3.72. The van der Waals surface area contributed by atoms with Gasteiger partial charge in [0.2, 0.25) is 0 Å². The van der Waals surface area contributed by atoms with Crippen LogP contribution in [0.5, 0.6) is 5.75 Å². The van der Waals surface area contributed by atoms with Crippen LogP contribution in [0.25, 0.3) is 0 Å². The summed E-state index contributed by atoms with van der Waals surface area (Å²) in [6.07, 6.45) is 3.40. The van der Waals surface area contributed by atoms with E-state index in [0.717, 1.165) is 42.6 Å². The van der Waals surface area contributed by atoms with Crippen LogP contribution >= 0.6 is 0 Å². The summed E-state index contributed by atoms with van der Waals surface area (Å²) in [5.41, 5.74) is 2.50. The van der Waals surface area contributed by atoms with Crippen LogP contribution in [-0.4, -0.2) is 46.1 Å². The smallest absolute Gasteiger partial charge is 0.254 e. The van der Waals surface area contributed by atoms with Gasteiger partial charge in [-0.25, -0.2) is 4.68 Å². The number of rotatable bonds is 6. The topological polar surface area (TPSA) is 69.5 Å². The molecule has 1 saturated carbocycles. The van der Waals surface area contributed by atoms with Gasteiger partial charge in [-0.1, -0.05) is 5.21 Å². The van der Waals surface area contributed by atoms with Crippen LogP contribution in [0.15, 0.2) is 24.3 Å². The maximum atomic E-state index is 12.9. The summed E-state index contributed by atoms with van der Waals surface area (Å²) in [6, 6.07) is 7.24. The molecule has 0 saturated heterocycles. The Hall–Kier alpha value is -2.41. The van der Waals surface area contributed by atoms with Crippen molar-refractivity contribution in [1.82, 2.24) is 19.9 Å². The number of methoxy groups -OCH3 is 1. The fourth-order valence-corrected chi connectivity index (χ4v) is 3.20. The Kier molecular flexibility index (Phi) is 4.88. The molecule has 1 aromatic carbocycles. The molecule has 1 aliphatic carbocycles. The number of carbonyl (C=O) groups is 1. The minimum Gasteiger partial charge on any atom is -0.497 e. The summed E-state index contributed by atoms with van der Waals surface area (Å²) in [5, 5.41) is 8.53. The number of amides is 1. The molecular formula is C19H24N4O3. The van der Waals surface area contributed by atoms with Crippen molar-refractivity contribution in [2.45, 2.75) is 39.0 Å². The molecule has 0 unspecified atom stereocenters. The minimum atomic E-state index is 0.0205. The summed E-state index contributed by atoms with van der Waals surface area (Å²) in [7, 11) is 1.62. The van der Waals surface area contributed by atoms with Gasteiger partial charge in [-0.15, -0.1) is 5.10 Å². The molecule has 0 N–H and O–H groups in total. The van der Waals surface area contributed by atoms with Gasteiger partial charge in [0.15, 0.2) is 0 Å². The van der Waals surface area contributed by atoms with Crippen molar-refractivity contribution in [3.63, 3.8) is 0 Å². The van der Waals surface area contributed by atoms with Crippen LogP contribution < -0.4 is 4.74 Å². The van der Waals surface area contributed by atoms with Gasteiger partial charge in [-0.3, -0.25) is 4.79 Å². The molecule has 2 aliphatic rings. The van der Waals surface area contributed by atoms with Crippen LogP contribution in [-0.2, 0) is 24.4 Å². The van der Waals surface area contributed by atoms with E-state index in [-0.39, 0.29) is 5.91 Å². The molecule has 26 heavy (non-hydrogen) atoms. The highest BCUT2D eigenvalue weighted by Crippen LogP contribution is 2.29. The third-order valence-electron chi connectivity index (χ3n) is 4.97. The van der Waals surface area contributed by atoms with Crippen LogP contribution in [0.1, 0.15) is 41.0 Å². The number of ether oxygens (including phenoxy) is 2. The molecule has 0 spiro atoms. The average molecular weight is 356 g/mol. The molecule has 1 aromatic heterocycles. The zero-order valence-electron chi connectivity index (χ0n) is 15.1. The number of nitrogens with zero attached hydrogens (tertiary/aromatic N) is 4. The molecule has 1 aliphatic heterocycles. The van der Waals surface area contributed by atoms with E-state index in [9.17, 15) is 4.79 Å². The number of carbonyl (C=O) groups excluding carboxylic acids is 1. The molecule has 4 rings (SSSR count). The maximum Gasteiger partial charge on any atom is 0.254 e. The average Bonchev–Trinajstić information content (AvgIpc) is 3.46. The normalized spacial score (nSPS) is 16.9. The van der Waals surface area contributed by atoms with Crippen molar-refractivity contribution in [2.24, 2.45) is 5.92 Å². The first-order valence-electron chi connectivity index (χ1n) is 9.17. The fraction of sp³-hybridized carbons (Fsp3) is 0.526. The van der Waals surface area contributed by atoms with Gasteiger partial charge in [-0.05, 0) is 49.4 Å². The highest BCUT2D eigenvalue weighted by Gasteiger charge is 2.25. The monoisotopic (exact) mass is 356 g/mol. The van der Waals surface area contributed by atoms with E-state index in [1.807, 2.05) is 21.7 Å². The van der Waals surface area contributed by atoms with Crippen molar-refractivity contribution in [3.8, 4) is 5.75 Å². The molecule has 1 fully saturated rings. The number of hydrogen-bond donors (Lipinski definition) is 0. The van der Waals surface area contributed by atoms with E-state index in [1.165, 1.54) is 12.8 Å². The molecule has 0 radical (unpaired) electrons. The van der Waals surface area contributed by atoms with Crippen molar-refractivity contribution >= 4 is 5.91 Å². The molecule has 138 valence electrons. The van der Waals surface area contributed by atoms with Gasteiger partial charge in [-0.2, -0.15) is 0 Å². The molecular weight excluding hydrogens is 332 g/mol. The molecule has 7 nitrogen and oxygen atoms in total. The lowest BCUT2D eigenvalue weighted by atomic mass is 10.1. The summed E-state index contributed by atoms with van der Waals surface area (Å²) >= 11 is 0. The molecule has 0 atom stereocenters. The van der Waals surface area contributed by atoms with Gasteiger partial charge >= 0.3 is 0 Å². The minimum absolute atomic E-state index is 0.0205. The Morgan fingerprint density at radius 1 is 1.23 bits per heavy atom. The predicted molar refractivity (Wildman–Crippen MR) is 94.8 cm³/mol. The maximum absolute atomic E-state index is 12.9. The van der Waals surface area contributed by atoms with Crippen molar-refractivity contribution < 1.29 is 14.3 Å². The summed E-state index contributed by atoms with van der Waals surface area (Å²) < 4.78 is 12.9. The zero-order valence-corrected chi connectivity index (χ0v) is 15.1. The van der Waals surface area contributed by atoms with Crippen LogP contribution in [0, 0.1) is 5.92 Å². The lowest BCUT2D eigenvalue weighted by Crippen LogP contribution is -2.31. The van der Waals surface area contributed by atoms with E-state index in [4.69, 9.17) is 9.47 Å². The molecule has 1 amide bonds. The van der Waals surface area contributed by atoms with Gasteiger partial charge in [0.1, 0.15) is 11.4 Å². The van der Waals surface area contributed by atoms with Crippen LogP contribution in [0.3, 0.4) is 0 Å². The van der Waals surface area contributed by atoms with E-state index in [2.05, 4.69) is 10.3 Å². The number of hydrogen-bond acceptors (Lipinski definition) is 5. The van der Waals surface area contributed by atoms with E-state index >= 15 is 0 Å². The third-order valence-corrected chi connectivity index (χ3v) is 4.97. The van der Waals surface area contributed by atoms with Gasteiger partial charge in [0.05, 0.1) is 26.0 Å². The Labute approximate surface area is 152 Å². The highest BCUT2D eigenvalue weighted by atomic mass is 16.5. The van der Waals surface area contributed by atoms with Gasteiger partial charge in [0, 0.05) is 25.3 Å². The van der Waals surface area contributed by atoms with Gasteiger partial charge < -0.3 is 14.4 Å². The highest BCUT2D eigenvalue weighted by molar-refractivity contribution is 5.94. The van der Waals surface area contributed by atoms with Crippen molar-refractivity contribution in [2.75, 3.05) is 20.3 Å². The van der Waals surface area contributed by atoms with Crippen molar-refractivity contribution in [1.29, 1.82) is 0 Å². The fourth-order valence-electron chi connectivity index (χ4n) is 3.20. The molecule has 2 heterocycles. The lowest BCUT2D eigenvalue weighted by molar-refractivity contribution is 0.0741. The van der Waals surface area contributed by atoms with E-state index in [1.54, 1.807) is 19.2 Å². The Morgan fingerprint density at radius 3 is 2.77 bits per heavy atom. The number of aromatic nitrogens is 3. The predicted octanol–water partition coefficient (Wildman–Crippen LogP) is 2.26. The van der Waals surface area contributed by atoms with Crippen LogP contribution in [0.4, 0.5) is 0 Å². The second kappa shape index (κ2) is 7.45. The number of benzene rings is 1. The number of aryl methyl sites for hydroxylation is 1. The Balaban J connectivity index is 1.46. The first-order valence-corrected chi connectivity index (χ1v) is 9.17. The first kappa shape index (κ1) is 17.0. The van der Waals surface area contributed by atoms with Crippen molar-refractivity contribution in [3.05, 3.63) is 41.2 Å².